The molecule has 0 atom stereocenters. The summed E-state index contributed by atoms with van der Waals surface area (Å²) in [5, 5.41) is 3.89. The second-order valence-electron chi connectivity index (χ2n) is 5.21. The summed E-state index contributed by atoms with van der Waals surface area (Å²) in [6.07, 6.45) is 6.37. The molecule has 7 nitrogen and oxygen atoms in total. The van der Waals surface area contributed by atoms with Gasteiger partial charge >= 0.3 is 0 Å². The Morgan fingerprint density at radius 3 is 2.85 bits per heavy atom. The first-order valence-corrected chi connectivity index (χ1v) is 6.77. The molecule has 0 bridgehead atoms. The third-order valence-electron chi connectivity index (χ3n) is 3.63. The smallest absolute Gasteiger partial charge is 0.270 e. The van der Waals surface area contributed by atoms with Crippen LogP contribution < -0.4 is 5.43 Å². The van der Waals surface area contributed by atoms with Gasteiger partial charge in [0.05, 0.1) is 6.54 Å². The summed E-state index contributed by atoms with van der Waals surface area (Å²) in [6.45, 7) is 0.486. The molecule has 0 aromatic carbocycles. The Hall–Kier alpha value is -2.18. The minimum Gasteiger partial charge on any atom is -0.337 e. The number of imidazole rings is 1. The molecule has 1 N–H and O–H groups in total. The highest BCUT2D eigenvalue weighted by molar-refractivity contribution is 6.39. The van der Waals surface area contributed by atoms with E-state index in [-0.39, 0.29) is 17.9 Å². The summed E-state index contributed by atoms with van der Waals surface area (Å²) in [5.41, 5.74) is 2.81. The Balaban J connectivity index is 1.75. The van der Waals surface area contributed by atoms with E-state index < -0.39 is 0 Å². The van der Waals surface area contributed by atoms with E-state index in [1.54, 1.807) is 6.20 Å². The largest absolute Gasteiger partial charge is 0.337 e. The maximum absolute atomic E-state index is 12.5. The standard InChI is InChI=1S/C13H17N5O2/c1-17-7-6-14-11(17)8-18(9-2-3-9)13(20)10-4-5-12(19)16-15-10/h6-7,9H,2-5,8H2,1H3,(H,16,19). The van der Waals surface area contributed by atoms with Gasteiger partial charge in [-0.15, -0.1) is 0 Å². The molecule has 0 unspecified atom stereocenters. The van der Waals surface area contributed by atoms with Gasteiger partial charge in [-0.3, -0.25) is 9.59 Å². The molecule has 0 spiro atoms. The van der Waals surface area contributed by atoms with Gasteiger partial charge in [0, 0.05) is 38.3 Å². The lowest BCUT2D eigenvalue weighted by Gasteiger charge is -2.23. The fraction of sp³-hybridized carbons (Fsp3) is 0.538. The zero-order chi connectivity index (χ0) is 14.1. The van der Waals surface area contributed by atoms with Crippen molar-refractivity contribution in [2.24, 2.45) is 12.1 Å². The molecule has 1 aromatic heterocycles. The summed E-state index contributed by atoms with van der Waals surface area (Å²) < 4.78 is 1.91. The Labute approximate surface area is 116 Å². The number of hydrogen-bond acceptors (Lipinski definition) is 4. The van der Waals surface area contributed by atoms with Crippen LogP contribution >= 0.6 is 0 Å². The molecule has 1 aliphatic heterocycles. The van der Waals surface area contributed by atoms with Gasteiger partial charge in [-0.2, -0.15) is 5.10 Å². The molecular formula is C13H17N5O2. The summed E-state index contributed by atoms with van der Waals surface area (Å²) in [7, 11) is 1.91. The molecule has 106 valence electrons. The molecule has 7 heteroatoms. The number of carbonyl (C=O) groups is 2. The average Bonchev–Trinajstić information content (AvgIpc) is 3.20. The Kier molecular flexibility index (Phi) is 3.25. The molecule has 1 aromatic rings. The number of hydrazone groups is 1. The van der Waals surface area contributed by atoms with Crippen molar-refractivity contribution in [3.8, 4) is 0 Å². The van der Waals surface area contributed by atoms with E-state index in [2.05, 4.69) is 15.5 Å². The number of hydrogen-bond donors (Lipinski definition) is 1. The number of nitrogens with one attached hydrogen (secondary N) is 1. The third-order valence-corrected chi connectivity index (χ3v) is 3.63. The summed E-state index contributed by atoms with van der Waals surface area (Å²) >= 11 is 0. The maximum atomic E-state index is 12.5. The van der Waals surface area contributed by atoms with Crippen molar-refractivity contribution in [2.45, 2.75) is 38.3 Å². The predicted octanol–water partition coefficient (Wildman–Crippen LogP) is 0.177. The molecule has 0 saturated heterocycles. The molecule has 3 rings (SSSR count). The van der Waals surface area contributed by atoms with Crippen molar-refractivity contribution in [1.29, 1.82) is 0 Å². The highest BCUT2D eigenvalue weighted by Gasteiger charge is 2.35. The van der Waals surface area contributed by atoms with Gasteiger partial charge in [-0.05, 0) is 12.8 Å². The first-order chi connectivity index (χ1) is 9.65. The zero-order valence-electron chi connectivity index (χ0n) is 11.4. The lowest BCUT2D eigenvalue weighted by atomic mass is 10.1. The highest BCUT2D eigenvalue weighted by Crippen LogP contribution is 2.28. The quantitative estimate of drug-likeness (QED) is 0.851. The van der Waals surface area contributed by atoms with Crippen molar-refractivity contribution < 1.29 is 9.59 Å². The highest BCUT2D eigenvalue weighted by atomic mass is 16.2. The maximum Gasteiger partial charge on any atom is 0.270 e. The van der Waals surface area contributed by atoms with Crippen LogP contribution in [-0.2, 0) is 23.2 Å². The van der Waals surface area contributed by atoms with E-state index >= 15 is 0 Å². The minimum atomic E-state index is -0.136. The van der Waals surface area contributed by atoms with Crippen LogP contribution in [0.3, 0.4) is 0 Å². The van der Waals surface area contributed by atoms with Gasteiger partial charge in [-0.25, -0.2) is 10.4 Å². The van der Waals surface area contributed by atoms with Crippen LogP contribution in [0.5, 0.6) is 0 Å². The molecule has 20 heavy (non-hydrogen) atoms. The molecule has 2 aliphatic rings. The average molecular weight is 275 g/mol. The van der Waals surface area contributed by atoms with E-state index in [9.17, 15) is 9.59 Å². The lowest BCUT2D eigenvalue weighted by molar-refractivity contribution is -0.125. The number of rotatable bonds is 4. The summed E-state index contributed by atoms with van der Waals surface area (Å²) in [5.74, 6) is 0.629. The van der Waals surface area contributed by atoms with Crippen molar-refractivity contribution in [2.75, 3.05) is 0 Å². The first kappa shape index (κ1) is 12.8. The minimum absolute atomic E-state index is 0.0875. The van der Waals surface area contributed by atoms with Crippen LogP contribution in [0.1, 0.15) is 31.5 Å². The van der Waals surface area contributed by atoms with Crippen LogP contribution in [0.25, 0.3) is 0 Å². The Bertz CT molecular complexity index is 573. The SMILES string of the molecule is Cn1ccnc1CN(C(=O)C1=NNC(=O)CC1)C1CC1. The first-order valence-electron chi connectivity index (χ1n) is 6.77. The second kappa shape index (κ2) is 5.07. The van der Waals surface area contributed by atoms with Gasteiger partial charge in [0.15, 0.2) is 0 Å². The van der Waals surface area contributed by atoms with Crippen LogP contribution in [-0.4, -0.2) is 38.0 Å². The van der Waals surface area contributed by atoms with E-state index in [1.165, 1.54) is 0 Å². The number of carbonyl (C=O) groups excluding carboxylic acids is 2. The molecule has 0 radical (unpaired) electrons. The topological polar surface area (TPSA) is 79.6 Å². The van der Waals surface area contributed by atoms with Gasteiger partial charge in [0.2, 0.25) is 5.91 Å². The fourth-order valence-electron chi connectivity index (χ4n) is 2.25. The van der Waals surface area contributed by atoms with Crippen LogP contribution in [0, 0.1) is 0 Å². The van der Waals surface area contributed by atoms with Crippen LogP contribution in [0.15, 0.2) is 17.5 Å². The Morgan fingerprint density at radius 1 is 1.50 bits per heavy atom. The van der Waals surface area contributed by atoms with Gasteiger partial charge < -0.3 is 9.47 Å². The van der Waals surface area contributed by atoms with Gasteiger partial charge in [-0.1, -0.05) is 0 Å². The van der Waals surface area contributed by atoms with Crippen molar-refractivity contribution in [3.05, 3.63) is 18.2 Å². The predicted molar refractivity (Wildman–Crippen MR) is 71.6 cm³/mol. The van der Waals surface area contributed by atoms with Crippen molar-refractivity contribution in [1.82, 2.24) is 19.9 Å². The number of aryl methyl sites for hydroxylation is 1. The summed E-state index contributed by atoms with van der Waals surface area (Å²) in [4.78, 5) is 29.7. The molecular weight excluding hydrogens is 258 g/mol. The fourth-order valence-corrected chi connectivity index (χ4v) is 2.25. The number of amides is 2. The zero-order valence-corrected chi connectivity index (χ0v) is 11.4. The third kappa shape index (κ3) is 2.56. The van der Waals surface area contributed by atoms with Crippen molar-refractivity contribution in [3.63, 3.8) is 0 Å². The van der Waals surface area contributed by atoms with Crippen LogP contribution in [0.4, 0.5) is 0 Å². The lowest BCUT2D eigenvalue weighted by Crippen LogP contribution is -2.41. The molecule has 1 fully saturated rings. The monoisotopic (exact) mass is 275 g/mol. The number of aromatic nitrogens is 2. The van der Waals surface area contributed by atoms with E-state index in [1.807, 2.05) is 22.7 Å². The van der Waals surface area contributed by atoms with E-state index in [4.69, 9.17) is 0 Å². The molecule has 1 aliphatic carbocycles. The van der Waals surface area contributed by atoms with Gasteiger partial charge in [0.1, 0.15) is 11.5 Å². The van der Waals surface area contributed by atoms with E-state index in [0.29, 0.717) is 25.1 Å². The normalized spacial score (nSPS) is 18.4. The number of nitrogens with zero attached hydrogens (tertiary/aromatic N) is 4. The van der Waals surface area contributed by atoms with Gasteiger partial charge in [0.25, 0.3) is 5.91 Å². The van der Waals surface area contributed by atoms with Crippen molar-refractivity contribution >= 4 is 17.5 Å². The van der Waals surface area contributed by atoms with Crippen LogP contribution in [0.2, 0.25) is 0 Å². The Morgan fingerprint density at radius 2 is 2.30 bits per heavy atom. The molecule has 2 heterocycles. The van der Waals surface area contributed by atoms with E-state index in [0.717, 1.165) is 18.7 Å². The second-order valence-corrected chi connectivity index (χ2v) is 5.21. The summed E-state index contributed by atoms with van der Waals surface area (Å²) in [6, 6.07) is 0.277. The molecule has 2 amide bonds. The molecule has 1 saturated carbocycles.